The molecule has 0 bridgehead atoms. The Bertz CT molecular complexity index is 695. The van der Waals surface area contributed by atoms with Crippen LogP contribution in [-0.2, 0) is 0 Å². The molecule has 0 fully saturated rings. The standard InChI is InChI=1S/C16H12ClNO2/c1-2-14-13-10-11(17)8-9-15(13)20-16(19)18(14)12-6-4-3-5-7-12/h2-10H,1H3/b14-2-. The van der Waals surface area contributed by atoms with Gasteiger partial charge < -0.3 is 4.74 Å². The van der Waals surface area contributed by atoms with Gasteiger partial charge in [0.1, 0.15) is 5.75 Å². The van der Waals surface area contributed by atoms with E-state index < -0.39 is 6.09 Å². The maximum Gasteiger partial charge on any atom is 0.424 e. The van der Waals surface area contributed by atoms with Crippen molar-refractivity contribution in [3.63, 3.8) is 0 Å². The van der Waals surface area contributed by atoms with Crippen LogP contribution in [0.5, 0.6) is 5.75 Å². The second-order valence-corrected chi connectivity index (χ2v) is 4.79. The number of carbonyl (C=O) groups excluding carboxylic acids is 1. The Morgan fingerprint density at radius 2 is 1.90 bits per heavy atom. The molecule has 0 saturated heterocycles. The van der Waals surface area contributed by atoms with E-state index in [4.69, 9.17) is 16.3 Å². The molecule has 3 nitrogen and oxygen atoms in total. The summed E-state index contributed by atoms with van der Waals surface area (Å²) in [4.78, 5) is 13.8. The first-order chi connectivity index (χ1) is 9.70. The van der Waals surface area contributed by atoms with E-state index in [1.54, 1.807) is 23.1 Å². The SMILES string of the molecule is C/C=C1/c2cc(Cl)ccc2OC(=O)N1c1ccccc1. The van der Waals surface area contributed by atoms with E-state index in [9.17, 15) is 4.79 Å². The summed E-state index contributed by atoms with van der Waals surface area (Å²) < 4.78 is 5.37. The van der Waals surface area contributed by atoms with Crippen molar-refractivity contribution in [2.24, 2.45) is 0 Å². The topological polar surface area (TPSA) is 29.5 Å². The second kappa shape index (κ2) is 5.02. The predicted molar refractivity (Wildman–Crippen MR) is 80.0 cm³/mol. The third-order valence-electron chi connectivity index (χ3n) is 3.13. The van der Waals surface area contributed by atoms with Gasteiger partial charge in [0.15, 0.2) is 0 Å². The van der Waals surface area contributed by atoms with Gasteiger partial charge in [-0.25, -0.2) is 9.69 Å². The number of hydrogen-bond donors (Lipinski definition) is 0. The highest BCUT2D eigenvalue weighted by Crippen LogP contribution is 2.38. The first-order valence-electron chi connectivity index (χ1n) is 6.24. The van der Waals surface area contributed by atoms with E-state index in [2.05, 4.69) is 0 Å². The molecule has 0 atom stereocenters. The molecule has 0 aromatic heterocycles. The van der Waals surface area contributed by atoms with Gasteiger partial charge in [-0.1, -0.05) is 35.9 Å². The summed E-state index contributed by atoms with van der Waals surface area (Å²) in [5.74, 6) is 0.527. The normalized spacial score (nSPS) is 16.0. The summed E-state index contributed by atoms with van der Waals surface area (Å²) in [6.45, 7) is 1.88. The highest BCUT2D eigenvalue weighted by Gasteiger charge is 2.30. The molecule has 1 heterocycles. The van der Waals surface area contributed by atoms with E-state index in [0.717, 1.165) is 16.9 Å². The van der Waals surface area contributed by atoms with Crippen molar-refractivity contribution in [1.82, 2.24) is 0 Å². The Morgan fingerprint density at radius 3 is 2.60 bits per heavy atom. The zero-order chi connectivity index (χ0) is 14.1. The van der Waals surface area contributed by atoms with Gasteiger partial charge in [-0.05, 0) is 37.3 Å². The number of ether oxygens (including phenoxy) is 1. The molecule has 2 aromatic rings. The number of nitrogens with zero attached hydrogens (tertiary/aromatic N) is 1. The number of allylic oxidation sites excluding steroid dienone is 1. The fraction of sp³-hybridized carbons (Fsp3) is 0.0625. The molecule has 0 aliphatic carbocycles. The molecule has 0 spiro atoms. The lowest BCUT2D eigenvalue weighted by atomic mass is 10.1. The van der Waals surface area contributed by atoms with Crippen molar-refractivity contribution in [2.75, 3.05) is 4.90 Å². The van der Waals surface area contributed by atoms with Crippen molar-refractivity contribution in [3.05, 3.63) is 65.2 Å². The summed E-state index contributed by atoms with van der Waals surface area (Å²) in [5.41, 5.74) is 2.34. The lowest BCUT2D eigenvalue weighted by Crippen LogP contribution is -2.36. The van der Waals surface area contributed by atoms with Crippen molar-refractivity contribution in [1.29, 1.82) is 0 Å². The first-order valence-corrected chi connectivity index (χ1v) is 6.61. The van der Waals surface area contributed by atoms with Gasteiger partial charge in [0.2, 0.25) is 0 Å². The average molecular weight is 286 g/mol. The largest absolute Gasteiger partial charge is 0.424 e. The Balaban J connectivity index is 2.16. The monoisotopic (exact) mass is 285 g/mol. The highest BCUT2D eigenvalue weighted by atomic mass is 35.5. The van der Waals surface area contributed by atoms with Crippen LogP contribution in [-0.4, -0.2) is 6.09 Å². The summed E-state index contributed by atoms with van der Waals surface area (Å²) in [5, 5.41) is 0.606. The van der Waals surface area contributed by atoms with Crippen molar-refractivity contribution >= 4 is 29.1 Å². The van der Waals surface area contributed by atoms with Gasteiger partial charge >= 0.3 is 6.09 Å². The number of rotatable bonds is 1. The van der Waals surface area contributed by atoms with E-state index in [-0.39, 0.29) is 0 Å². The van der Waals surface area contributed by atoms with Gasteiger partial charge in [-0.3, -0.25) is 0 Å². The third kappa shape index (κ3) is 2.06. The summed E-state index contributed by atoms with van der Waals surface area (Å²) >= 11 is 6.04. The van der Waals surface area contributed by atoms with Crippen LogP contribution in [0.4, 0.5) is 10.5 Å². The third-order valence-corrected chi connectivity index (χ3v) is 3.36. The molecule has 0 N–H and O–H groups in total. The molecule has 3 rings (SSSR count). The minimum atomic E-state index is -0.417. The van der Waals surface area contributed by atoms with E-state index in [1.807, 2.05) is 43.3 Å². The summed E-state index contributed by atoms with van der Waals surface area (Å²) in [6.07, 6.45) is 1.46. The summed E-state index contributed by atoms with van der Waals surface area (Å²) in [6, 6.07) is 14.6. The highest BCUT2D eigenvalue weighted by molar-refractivity contribution is 6.31. The minimum absolute atomic E-state index is 0.417. The number of anilines is 1. The molecule has 0 unspecified atom stereocenters. The van der Waals surface area contributed by atoms with Gasteiger partial charge in [0, 0.05) is 10.6 Å². The number of para-hydroxylation sites is 1. The van der Waals surface area contributed by atoms with Crippen LogP contribution >= 0.6 is 11.6 Å². The number of carbonyl (C=O) groups is 1. The number of hydrogen-bond acceptors (Lipinski definition) is 2. The molecular weight excluding hydrogens is 274 g/mol. The molecule has 2 aromatic carbocycles. The van der Waals surface area contributed by atoms with E-state index in [0.29, 0.717) is 10.8 Å². The Hall–Kier alpha value is -2.26. The van der Waals surface area contributed by atoms with Crippen LogP contribution in [0.1, 0.15) is 12.5 Å². The zero-order valence-electron chi connectivity index (χ0n) is 10.8. The van der Waals surface area contributed by atoms with Crippen LogP contribution in [0.2, 0.25) is 5.02 Å². The molecule has 1 aliphatic rings. The van der Waals surface area contributed by atoms with Crippen LogP contribution in [0.15, 0.2) is 54.6 Å². The zero-order valence-corrected chi connectivity index (χ0v) is 11.6. The van der Waals surface area contributed by atoms with Crippen LogP contribution in [0.25, 0.3) is 5.70 Å². The Kier molecular flexibility index (Phi) is 3.20. The van der Waals surface area contributed by atoms with E-state index in [1.165, 1.54) is 0 Å². The van der Waals surface area contributed by atoms with Crippen molar-refractivity contribution in [3.8, 4) is 5.75 Å². The van der Waals surface area contributed by atoms with Crippen LogP contribution in [0.3, 0.4) is 0 Å². The van der Waals surface area contributed by atoms with Gasteiger partial charge in [0.25, 0.3) is 0 Å². The average Bonchev–Trinajstić information content (AvgIpc) is 2.47. The fourth-order valence-corrected chi connectivity index (χ4v) is 2.43. The van der Waals surface area contributed by atoms with Crippen LogP contribution in [0, 0.1) is 0 Å². The maximum atomic E-state index is 12.2. The Labute approximate surface area is 122 Å². The van der Waals surface area contributed by atoms with Gasteiger partial charge in [-0.2, -0.15) is 0 Å². The van der Waals surface area contributed by atoms with Crippen molar-refractivity contribution in [2.45, 2.75) is 6.92 Å². The molecule has 0 radical (unpaired) electrons. The number of amides is 1. The Morgan fingerprint density at radius 1 is 1.15 bits per heavy atom. The lowest BCUT2D eigenvalue weighted by Gasteiger charge is -2.30. The number of benzene rings is 2. The predicted octanol–water partition coefficient (Wildman–Crippen LogP) is 4.72. The first kappa shape index (κ1) is 12.8. The molecule has 1 amide bonds. The molecular formula is C16H12ClNO2. The summed E-state index contributed by atoms with van der Waals surface area (Å²) in [7, 11) is 0. The van der Waals surface area contributed by atoms with Crippen molar-refractivity contribution < 1.29 is 9.53 Å². The van der Waals surface area contributed by atoms with Crippen LogP contribution < -0.4 is 9.64 Å². The second-order valence-electron chi connectivity index (χ2n) is 4.35. The number of fused-ring (bicyclic) bond motifs is 1. The molecule has 20 heavy (non-hydrogen) atoms. The lowest BCUT2D eigenvalue weighted by molar-refractivity contribution is 0.208. The molecule has 0 saturated carbocycles. The minimum Gasteiger partial charge on any atom is -0.409 e. The molecule has 4 heteroatoms. The van der Waals surface area contributed by atoms with Gasteiger partial charge in [-0.15, -0.1) is 0 Å². The fourth-order valence-electron chi connectivity index (χ4n) is 2.26. The van der Waals surface area contributed by atoms with E-state index >= 15 is 0 Å². The molecule has 100 valence electrons. The number of halogens is 1. The quantitative estimate of drug-likeness (QED) is 0.759. The maximum absolute atomic E-state index is 12.2. The smallest absolute Gasteiger partial charge is 0.409 e. The molecule has 1 aliphatic heterocycles. The van der Waals surface area contributed by atoms with Gasteiger partial charge in [0.05, 0.1) is 11.4 Å².